The number of nitrogens with two attached hydrogens (primary N) is 1. The van der Waals surface area contributed by atoms with Crippen molar-refractivity contribution in [3.63, 3.8) is 0 Å². The molecule has 0 aromatic heterocycles. The summed E-state index contributed by atoms with van der Waals surface area (Å²) in [5.41, 5.74) is 6.07. The second-order valence-electron chi connectivity index (χ2n) is 3.91. The van der Waals surface area contributed by atoms with Crippen molar-refractivity contribution in [3.05, 3.63) is 50.9 Å². The van der Waals surface area contributed by atoms with Crippen LogP contribution in [-0.2, 0) is 10.0 Å². The van der Waals surface area contributed by atoms with Gasteiger partial charge in [-0.2, -0.15) is 0 Å². The molecule has 2 rings (SSSR count). The van der Waals surface area contributed by atoms with E-state index in [9.17, 15) is 8.42 Å². The Morgan fingerprint density at radius 2 is 1.80 bits per heavy atom. The van der Waals surface area contributed by atoms with Crippen LogP contribution in [0.4, 0.5) is 11.4 Å². The molecule has 0 aliphatic carbocycles. The van der Waals surface area contributed by atoms with Crippen LogP contribution in [0.3, 0.4) is 0 Å². The molecule has 0 saturated carbocycles. The number of hydrogen-bond donors (Lipinski definition) is 2. The number of nitrogens with one attached hydrogen (secondary N) is 1. The van der Waals surface area contributed by atoms with E-state index in [1.54, 1.807) is 6.07 Å². The summed E-state index contributed by atoms with van der Waals surface area (Å²) in [6, 6.07) is 9.05. The lowest BCUT2D eigenvalue weighted by atomic mass is 10.3. The maximum Gasteiger partial charge on any atom is 0.264 e. The summed E-state index contributed by atoms with van der Waals surface area (Å²) in [5, 5.41) is 0.620. The van der Waals surface area contributed by atoms with Crippen LogP contribution < -0.4 is 10.5 Å². The zero-order chi connectivity index (χ0) is 14.9. The summed E-state index contributed by atoms with van der Waals surface area (Å²) in [7, 11) is -3.83. The molecular formula is C12H9BrCl2N2O2S. The van der Waals surface area contributed by atoms with Gasteiger partial charge < -0.3 is 5.73 Å². The van der Waals surface area contributed by atoms with Gasteiger partial charge in [0.15, 0.2) is 0 Å². The molecule has 106 valence electrons. The summed E-state index contributed by atoms with van der Waals surface area (Å²) >= 11 is 14.9. The maximum absolute atomic E-state index is 12.3. The number of anilines is 2. The van der Waals surface area contributed by atoms with Crippen LogP contribution in [0.5, 0.6) is 0 Å². The Bertz CT molecular complexity index is 766. The lowest BCUT2D eigenvalue weighted by Gasteiger charge is -2.11. The van der Waals surface area contributed by atoms with Gasteiger partial charge in [0.2, 0.25) is 0 Å². The zero-order valence-electron chi connectivity index (χ0n) is 9.90. The molecule has 0 aliphatic heterocycles. The average Bonchev–Trinajstić information content (AvgIpc) is 2.35. The van der Waals surface area contributed by atoms with E-state index in [1.165, 1.54) is 30.3 Å². The van der Waals surface area contributed by atoms with Crippen LogP contribution >= 0.6 is 39.1 Å². The first-order valence-corrected chi connectivity index (χ1v) is 8.36. The first kappa shape index (κ1) is 15.4. The van der Waals surface area contributed by atoms with Crippen molar-refractivity contribution in [1.29, 1.82) is 0 Å². The molecule has 20 heavy (non-hydrogen) atoms. The normalized spacial score (nSPS) is 11.3. The Balaban J connectivity index is 2.43. The van der Waals surface area contributed by atoms with Crippen LogP contribution in [0.25, 0.3) is 0 Å². The number of hydrogen-bond acceptors (Lipinski definition) is 3. The molecule has 0 amide bonds. The van der Waals surface area contributed by atoms with Crippen molar-refractivity contribution in [2.75, 3.05) is 10.5 Å². The molecule has 0 bridgehead atoms. The molecule has 0 radical (unpaired) electrons. The standard InChI is InChI=1S/C12H9BrCl2N2O2S/c13-7-1-3-10(16)12(5-7)20(18,19)17-11-4-2-8(14)6-9(11)15/h1-6,17H,16H2. The monoisotopic (exact) mass is 394 g/mol. The second kappa shape index (κ2) is 5.81. The Morgan fingerprint density at radius 3 is 2.45 bits per heavy atom. The summed E-state index contributed by atoms with van der Waals surface area (Å²) < 4.78 is 27.6. The summed E-state index contributed by atoms with van der Waals surface area (Å²) in [6.45, 7) is 0. The fourth-order valence-corrected chi connectivity index (χ4v) is 3.78. The molecular weight excluding hydrogens is 387 g/mol. The summed E-state index contributed by atoms with van der Waals surface area (Å²) in [4.78, 5) is -0.0297. The van der Waals surface area contributed by atoms with Crippen LogP contribution in [0, 0.1) is 0 Å². The molecule has 0 saturated heterocycles. The van der Waals surface area contributed by atoms with Gasteiger partial charge in [0.1, 0.15) is 4.90 Å². The van der Waals surface area contributed by atoms with Gasteiger partial charge in [0, 0.05) is 9.50 Å². The lowest BCUT2D eigenvalue weighted by Crippen LogP contribution is -2.15. The topological polar surface area (TPSA) is 72.2 Å². The highest BCUT2D eigenvalue weighted by molar-refractivity contribution is 9.10. The van der Waals surface area contributed by atoms with E-state index < -0.39 is 10.0 Å². The quantitative estimate of drug-likeness (QED) is 0.767. The van der Waals surface area contributed by atoms with E-state index in [2.05, 4.69) is 20.7 Å². The third-order valence-electron chi connectivity index (χ3n) is 2.44. The van der Waals surface area contributed by atoms with Crippen LogP contribution in [-0.4, -0.2) is 8.42 Å². The predicted octanol–water partition coefficient (Wildman–Crippen LogP) is 4.14. The zero-order valence-corrected chi connectivity index (χ0v) is 13.8. The molecule has 8 heteroatoms. The molecule has 2 aromatic rings. The van der Waals surface area contributed by atoms with Crippen molar-refractivity contribution in [2.24, 2.45) is 0 Å². The van der Waals surface area contributed by atoms with Gasteiger partial charge in [-0.1, -0.05) is 39.1 Å². The maximum atomic E-state index is 12.3. The fourth-order valence-electron chi connectivity index (χ4n) is 1.51. The number of nitrogen functional groups attached to an aromatic ring is 1. The van der Waals surface area contributed by atoms with E-state index in [0.29, 0.717) is 9.50 Å². The van der Waals surface area contributed by atoms with Crippen molar-refractivity contribution >= 4 is 60.5 Å². The molecule has 0 fully saturated rings. The van der Waals surface area contributed by atoms with Crippen molar-refractivity contribution in [2.45, 2.75) is 4.90 Å². The van der Waals surface area contributed by atoms with Crippen LogP contribution in [0.15, 0.2) is 45.8 Å². The Morgan fingerprint density at radius 1 is 1.10 bits per heavy atom. The highest BCUT2D eigenvalue weighted by Crippen LogP contribution is 2.29. The van der Waals surface area contributed by atoms with Gasteiger partial charge in [0.05, 0.1) is 16.4 Å². The Kier molecular flexibility index (Phi) is 4.49. The fraction of sp³-hybridized carbons (Fsp3) is 0. The highest BCUT2D eigenvalue weighted by atomic mass is 79.9. The molecule has 2 aromatic carbocycles. The SMILES string of the molecule is Nc1ccc(Br)cc1S(=O)(=O)Nc1ccc(Cl)cc1Cl. The van der Waals surface area contributed by atoms with Crippen molar-refractivity contribution in [3.8, 4) is 0 Å². The average molecular weight is 396 g/mol. The molecule has 4 nitrogen and oxygen atoms in total. The van der Waals surface area contributed by atoms with Gasteiger partial charge >= 0.3 is 0 Å². The van der Waals surface area contributed by atoms with Gasteiger partial charge in [-0.25, -0.2) is 8.42 Å². The lowest BCUT2D eigenvalue weighted by molar-refractivity contribution is 0.601. The predicted molar refractivity (Wildman–Crippen MR) is 85.8 cm³/mol. The number of benzene rings is 2. The summed E-state index contributed by atoms with van der Waals surface area (Å²) in [5.74, 6) is 0. The van der Waals surface area contributed by atoms with Gasteiger partial charge in [-0.15, -0.1) is 0 Å². The minimum absolute atomic E-state index is 0.0297. The number of rotatable bonds is 3. The van der Waals surface area contributed by atoms with Crippen LogP contribution in [0.1, 0.15) is 0 Å². The second-order valence-corrected chi connectivity index (χ2v) is 7.32. The largest absolute Gasteiger partial charge is 0.398 e. The first-order valence-electron chi connectivity index (χ1n) is 5.32. The number of halogens is 3. The van der Waals surface area contributed by atoms with Gasteiger partial charge in [-0.3, -0.25) is 4.72 Å². The third-order valence-corrected chi connectivity index (χ3v) is 4.90. The molecule has 3 N–H and O–H groups in total. The van der Waals surface area contributed by atoms with E-state index in [0.717, 1.165) is 0 Å². The summed E-state index contributed by atoms with van der Waals surface area (Å²) in [6.07, 6.45) is 0. The first-order chi connectivity index (χ1) is 9.29. The van der Waals surface area contributed by atoms with E-state index >= 15 is 0 Å². The Labute approximate surface area is 135 Å². The molecule has 0 aliphatic rings. The van der Waals surface area contributed by atoms with Gasteiger partial charge in [-0.05, 0) is 36.4 Å². The molecule has 0 unspecified atom stereocenters. The minimum Gasteiger partial charge on any atom is -0.398 e. The Hall–Kier alpha value is -0.950. The van der Waals surface area contributed by atoms with Gasteiger partial charge in [0.25, 0.3) is 10.0 Å². The smallest absolute Gasteiger partial charge is 0.264 e. The van der Waals surface area contributed by atoms with E-state index in [-0.39, 0.29) is 21.3 Å². The highest BCUT2D eigenvalue weighted by Gasteiger charge is 2.19. The molecule has 0 atom stereocenters. The minimum atomic E-state index is -3.83. The molecule has 0 heterocycles. The molecule has 0 spiro atoms. The van der Waals surface area contributed by atoms with E-state index in [4.69, 9.17) is 28.9 Å². The third kappa shape index (κ3) is 3.38. The van der Waals surface area contributed by atoms with Crippen LogP contribution in [0.2, 0.25) is 10.0 Å². The number of sulfonamides is 1. The van der Waals surface area contributed by atoms with Crippen molar-refractivity contribution in [1.82, 2.24) is 0 Å². The van der Waals surface area contributed by atoms with E-state index in [1.807, 2.05) is 0 Å². The van der Waals surface area contributed by atoms with Crippen molar-refractivity contribution < 1.29 is 8.42 Å².